The van der Waals surface area contributed by atoms with E-state index in [9.17, 15) is 23.3 Å². The number of thiazole rings is 1. The first-order chi connectivity index (χ1) is 15.2. The topological polar surface area (TPSA) is 123 Å². The zero-order valence-electron chi connectivity index (χ0n) is 17.1. The van der Waals surface area contributed by atoms with Crippen molar-refractivity contribution in [3.63, 3.8) is 0 Å². The third kappa shape index (κ3) is 4.74. The van der Waals surface area contributed by atoms with Crippen LogP contribution in [0.5, 0.6) is 0 Å². The summed E-state index contributed by atoms with van der Waals surface area (Å²) in [6.45, 7) is 9.04. The molecule has 0 saturated carbocycles. The lowest BCUT2D eigenvalue weighted by Crippen LogP contribution is -2.31. The number of anilines is 1. The molecular weight excluding hydrogens is 452 g/mol. The Morgan fingerprint density at radius 3 is 2.53 bits per heavy atom. The molecule has 3 aromatic rings. The van der Waals surface area contributed by atoms with E-state index in [-0.39, 0.29) is 34.4 Å². The number of nitrogens with zero attached hydrogens (tertiary/aromatic N) is 3. The van der Waals surface area contributed by atoms with Crippen LogP contribution in [0, 0.1) is 17.0 Å². The molecule has 0 aliphatic rings. The van der Waals surface area contributed by atoms with Gasteiger partial charge in [0.15, 0.2) is 5.13 Å². The van der Waals surface area contributed by atoms with E-state index in [0.29, 0.717) is 15.8 Å². The van der Waals surface area contributed by atoms with Crippen molar-refractivity contribution in [2.24, 2.45) is 0 Å². The van der Waals surface area contributed by atoms with Gasteiger partial charge in [-0.15, -0.1) is 13.2 Å². The second kappa shape index (κ2) is 9.39. The molecule has 1 aromatic heterocycles. The third-order valence-corrected chi connectivity index (χ3v) is 7.31. The molecule has 1 heterocycles. The van der Waals surface area contributed by atoms with Gasteiger partial charge < -0.3 is 0 Å². The van der Waals surface area contributed by atoms with Crippen LogP contribution in [0.15, 0.2) is 66.6 Å². The van der Waals surface area contributed by atoms with Gasteiger partial charge in [-0.25, -0.2) is 13.4 Å². The Balaban J connectivity index is 1.89. The molecule has 1 amide bonds. The van der Waals surface area contributed by atoms with Crippen LogP contribution in [0.3, 0.4) is 0 Å². The van der Waals surface area contributed by atoms with Crippen molar-refractivity contribution in [2.75, 3.05) is 18.4 Å². The lowest BCUT2D eigenvalue weighted by Gasteiger charge is -2.18. The predicted octanol–water partition coefficient (Wildman–Crippen LogP) is 4.13. The van der Waals surface area contributed by atoms with Gasteiger partial charge in [0.05, 0.1) is 20.0 Å². The number of aryl methyl sites for hydroxylation is 1. The van der Waals surface area contributed by atoms with Gasteiger partial charge in [-0.05, 0) is 31.2 Å². The zero-order valence-corrected chi connectivity index (χ0v) is 18.8. The summed E-state index contributed by atoms with van der Waals surface area (Å²) >= 11 is 1.10. The molecule has 0 fully saturated rings. The number of nitrogens with one attached hydrogen (secondary N) is 1. The Bertz CT molecular complexity index is 1320. The highest BCUT2D eigenvalue weighted by molar-refractivity contribution is 7.89. The first-order valence-corrected chi connectivity index (χ1v) is 11.6. The van der Waals surface area contributed by atoms with E-state index < -0.39 is 20.9 Å². The van der Waals surface area contributed by atoms with Gasteiger partial charge in [0, 0.05) is 30.3 Å². The van der Waals surface area contributed by atoms with E-state index in [1.165, 1.54) is 46.8 Å². The molecule has 0 bridgehead atoms. The number of carbonyl (C=O) groups excluding carboxylic acids is 1. The maximum Gasteiger partial charge on any atom is 0.273 e. The lowest BCUT2D eigenvalue weighted by molar-refractivity contribution is -0.385. The van der Waals surface area contributed by atoms with Crippen molar-refractivity contribution in [1.29, 1.82) is 0 Å². The van der Waals surface area contributed by atoms with E-state index >= 15 is 0 Å². The summed E-state index contributed by atoms with van der Waals surface area (Å²) in [5, 5.41) is 14.0. The minimum absolute atomic E-state index is 0.0874. The van der Waals surface area contributed by atoms with Crippen LogP contribution in [0.2, 0.25) is 0 Å². The normalized spacial score (nSPS) is 11.4. The minimum Gasteiger partial charge on any atom is -0.298 e. The SMILES string of the molecule is C=CCN(CC=C)S(=O)(=O)c1ccc2nc(NC(=O)c3ccc(C)c([N+](=O)[O-])c3)sc2c1. The molecule has 9 nitrogen and oxygen atoms in total. The van der Waals surface area contributed by atoms with E-state index in [1.807, 2.05) is 0 Å². The summed E-state index contributed by atoms with van der Waals surface area (Å²) in [4.78, 5) is 27.5. The third-order valence-electron chi connectivity index (χ3n) is 4.55. The van der Waals surface area contributed by atoms with Gasteiger partial charge in [0.25, 0.3) is 11.6 Å². The highest BCUT2D eigenvalue weighted by Gasteiger charge is 2.23. The molecule has 11 heteroatoms. The smallest absolute Gasteiger partial charge is 0.273 e. The minimum atomic E-state index is -3.77. The number of carbonyl (C=O) groups is 1. The fourth-order valence-electron chi connectivity index (χ4n) is 2.94. The maximum absolute atomic E-state index is 12.9. The van der Waals surface area contributed by atoms with Crippen molar-refractivity contribution in [3.8, 4) is 0 Å². The Morgan fingerprint density at radius 1 is 1.22 bits per heavy atom. The van der Waals surface area contributed by atoms with Crippen molar-refractivity contribution in [1.82, 2.24) is 9.29 Å². The molecule has 166 valence electrons. The van der Waals surface area contributed by atoms with Gasteiger partial charge in [0.1, 0.15) is 0 Å². The molecule has 0 spiro atoms. The second-order valence-electron chi connectivity index (χ2n) is 6.76. The molecule has 1 N–H and O–H groups in total. The Labute approximate surface area is 188 Å². The molecule has 0 aliphatic carbocycles. The van der Waals surface area contributed by atoms with Gasteiger partial charge >= 0.3 is 0 Å². The zero-order chi connectivity index (χ0) is 23.5. The number of benzene rings is 2. The molecular formula is C21H20N4O5S2. The van der Waals surface area contributed by atoms with Crippen LogP contribution in [0.4, 0.5) is 10.8 Å². The van der Waals surface area contributed by atoms with E-state index in [4.69, 9.17) is 0 Å². The van der Waals surface area contributed by atoms with Gasteiger partial charge in [-0.3, -0.25) is 20.2 Å². The second-order valence-corrected chi connectivity index (χ2v) is 9.73. The van der Waals surface area contributed by atoms with Gasteiger partial charge in [-0.1, -0.05) is 29.6 Å². The summed E-state index contributed by atoms with van der Waals surface area (Å²) in [5.41, 5.74) is 0.926. The van der Waals surface area contributed by atoms with Crippen LogP contribution in [-0.4, -0.2) is 41.6 Å². The monoisotopic (exact) mass is 472 g/mol. The molecule has 2 aromatic carbocycles. The number of fused-ring (bicyclic) bond motifs is 1. The highest BCUT2D eigenvalue weighted by atomic mass is 32.2. The lowest BCUT2D eigenvalue weighted by atomic mass is 10.1. The molecule has 0 unspecified atom stereocenters. The highest BCUT2D eigenvalue weighted by Crippen LogP contribution is 2.30. The molecule has 0 radical (unpaired) electrons. The first-order valence-electron chi connectivity index (χ1n) is 9.36. The van der Waals surface area contributed by atoms with Crippen molar-refractivity contribution < 1.29 is 18.1 Å². The summed E-state index contributed by atoms with van der Waals surface area (Å²) < 4.78 is 27.7. The average Bonchev–Trinajstić information content (AvgIpc) is 3.15. The average molecular weight is 473 g/mol. The Morgan fingerprint density at radius 2 is 1.91 bits per heavy atom. The number of amides is 1. The number of sulfonamides is 1. The van der Waals surface area contributed by atoms with Gasteiger partial charge in [0.2, 0.25) is 10.0 Å². The van der Waals surface area contributed by atoms with Crippen LogP contribution in [0.1, 0.15) is 15.9 Å². The fraction of sp³-hybridized carbons (Fsp3) is 0.143. The number of nitro groups is 1. The fourth-order valence-corrected chi connectivity index (χ4v) is 5.33. The number of hydrogen-bond donors (Lipinski definition) is 1. The standard InChI is InChI=1S/C21H20N4O5S2/c1-4-10-24(11-5-2)32(29,30)16-8-9-17-19(13-16)31-21(22-17)23-20(26)15-7-6-14(3)18(12-15)25(27)28/h4-9,12-13H,1-2,10-11H2,3H3,(H,22,23,26). The Kier molecular flexibility index (Phi) is 6.82. The molecule has 0 atom stereocenters. The number of nitro benzene ring substituents is 1. The maximum atomic E-state index is 12.9. The first kappa shape index (κ1) is 23.3. The number of aromatic nitrogens is 1. The van der Waals surface area contributed by atoms with E-state index in [0.717, 1.165) is 11.3 Å². The number of rotatable bonds is 9. The van der Waals surface area contributed by atoms with E-state index in [2.05, 4.69) is 23.5 Å². The molecule has 32 heavy (non-hydrogen) atoms. The van der Waals surface area contributed by atoms with Crippen LogP contribution in [0.25, 0.3) is 10.2 Å². The molecule has 0 aliphatic heterocycles. The summed E-state index contributed by atoms with van der Waals surface area (Å²) in [7, 11) is -3.77. The van der Waals surface area contributed by atoms with Crippen molar-refractivity contribution in [3.05, 3.63) is 82.9 Å². The molecule has 3 rings (SSSR count). The largest absolute Gasteiger partial charge is 0.298 e. The van der Waals surface area contributed by atoms with E-state index in [1.54, 1.807) is 13.0 Å². The van der Waals surface area contributed by atoms with Crippen molar-refractivity contribution in [2.45, 2.75) is 11.8 Å². The predicted molar refractivity (Wildman–Crippen MR) is 125 cm³/mol. The summed E-state index contributed by atoms with van der Waals surface area (Å²) in [5.74, 6) is -0.553. The quantitative estimate of drug-likeness (QED) is 0.284. The number of hydrogen-bond acceptors (Lipinski definition) is 7. The van der Waals surface area contributed by atoms with Gasteiger partial charge in [-0.2, -0.15) is 4.31 Å². The van der Waals surface area contributed by atoms with Crippen LogP contribution < -0.4 is 5.32 Å². The van der Waals surface area contributed by atoms with Crippen molar-refractivity contribution >= 4 is 48.3 Å². The van der Waals surface area contributed by atoms with Crippen LogP contribution >= 0.6 is 11.3 Å². The Hall–Kier alpha value is -3.41. The van der Waals surface area contributed by atoms with Crippen LogP contribution in [-0.2, 0) is 10.0 Å². The summed E-state index contributed by atoms with van der Waals surface area (Å²) in [6, 6.07) is 8.70. The summed E-state index contributed by atoms with van der Waals surface area (Å²) in [6.07, 6.45) is 2.99. The molecule has 0 saturated heterocycles.